The van der Waals surface area contributed by atoms with Gasteiger partial charge in [-0.05, 0) is 54.9 Å². The van der Waals surface area contributed by atoms with Crippen LogP contribution in [0.5, 0.6) is 5.75 Å². The minimum absolute atomic E-state index is 0.156. The smallest absolute Gasteiger partial charge is 0.344 e. The Balaban J connectivity index is 1.75. The number of methoxy groups -OCH3 is 1. The van der Waals surface area contributed by atoms with E-state index in [1.807, 2.05) is 31.2 Å². The summed E-state index contributed by atoms with van der Waals surface area (Å²) in [7, 11) is 1.56. The van der Waals surface area contributed by atoms with Crippen LogP contribution in [0, 0.1) is 0 Å². The van der Waals surface area contributed by atoms with Gasteiger partial charge in [-0.2, -0.15) is 5.01 Å². The van der Waals surface area contributed by atoms with Crippen LogP contribution in [-0.4, -0.2) is 29.2 Å². The van der Waals surface area contributed by atoms with Crippen molar-refractivity contribution in [2.75, 3.05) is 12.4 Å². The van der Waals surface area contributed by atoms with Crippen LogP contribution in [0.2, 0.25) is 0 Å². The van der Waals surface area contributed by atoms with E-state index in [2.05, 4.69) is 16.1 Å². The zero-order valence-electron chi connectivity index (χ0n) is 15.9. The molecular formula is C20H22N4O3S. The predicted octanol–water partition coefficient (Wildman–Crippen LogP) is 2.93. The van der Waals surface area contributed by atoms with Crippen molar-refractivity contribution in [3.63, 3.8) is 0 Å². The average Bonchev–Trinajstić information content (AvgIpc) is 2.92. The number of carbonyl (C=O) groups excluding carboxylic acids is 2. The molecule has 0 bridgehead atoms. The maximum Gasteiger partial charge on any atom is 0.344 e. The standard InChI is InChI=1S/C20H22N4O3S/c1-4-13-7-5-6-8-16(13)21-18(28)23-24-17(25)20(2,22-19(24)26)14-9-11-15(27-3)12-10-14/h5-12H,4H2,1-3H3,(H,22,26)(H2,21,23,28)/t20-/m0/s1. The summed E-state index contributed by atoms with van der Waals surface area (Å²) >= 11 is 5.30. The summed E-state index contributed by atoms with van der Waals surface area (Å²) in [6.07, 6.45) is 0.824. The van der Waals surface area contributed by atoms with Crippen molar-refractivity contribution in [1.82, 2.24) is 15.8 Å². The molecule has 28 heavy (non-hydrogen) atoms. The Morgan fingerprint density at radius 2 is 1.86 bits per heavy atom. The summed E-state index contributed by atoms with van der Waals surface area (Å²) in [6.45, 7) is 3.69. The zero-order chi connectivity index (χ0) is 20.3. The number of carbonyl (C=O) groups is 2. The van der Waals surface area contributed by atoms with Crippen molar-refractivity contribution in [2.24, 2.45) is 0 Å². The summed E-state index contributed by atoms with van der Waals surface area (Å²) in [5.74, 6) is 0.217. The van der Waals surface area contributed by atoms with Crippen LogP contribution < -0.4 is 20.8 Å². The van der Waals surface area contributed by atoms with Gasteiger partial charge in [-0.25, -0.2) is 4.79 Å². The molecule has 146 valence electrons. The second-order valence-electron chi connectivity index (χ2n) is 6.50. The Labute approximate surface area is 169 Å². The van der Waals surface area contributed by atoms with Gasteiger partial charge in [0.15, 0.2) is 5.11 Å². The van der Waals surface area contributed by atoms with Crippen molar-refractivity contribution in [3.8, 4) is 5.75 Å². The number of anilines is 1. The van der Waals surface area contributed by atoms with Gasteiger partial charge in [-0.3, -0.25) is 10.2 Å². The van der Waals surface area contributed by atoms with Gasteiger partial charge in [0.1, 0.15) is 11.3 Å². The van der Waals surface area contributed by atoms with Crippen LogP contribution in [0.4, 0.5) is 10.5 Å². The number of hydrazine groups is 1. The monoisotopic (exact) mass is 398 g/mol. The number of ether oxygens (including phenoxy) is 1. The first kappa shape index (κ1) is 19.6. The lowest BCUT2D eigenvalue weighted by Gasteiger charge is -2.23. The van der Waals surface area contributed by atoms with Crippen molar-refractivity contribution >= 4 is 35.0 Å². The molecule has 8 heteroatoms. The number of nitrogens with one attached hydrogen (secondary N) is 3. The number of benzene rings is 2. The summed E-state index contributed by atoms with van der Waals surface area (Å²) in [5.41, 5.74) is 4.04. The van der Waals surface area contributed by atoms with E-state index < -0.39 is 17.5 Å². The molecule has 3 N–H and O–H groups in total. The molecule has 3 rings (SSSR count). The summed E-state index contributed by atoms with van der Waals surface area (Å²) in [6, 6.07) is 14.1. The number of thiocarbonyl (C=S) groups is 1. The van der Waals surface area contributed by atoms with Gasteiger partial charge < -0.3 is 15.4 Å². The number of nitrogens with zero attached hydrogens (tertiary/aromatic N) is 1. The minimum Gasteiger partial charge on any atom is -0.497 e. The number of aryl methyl sites for hydroxylation is 1. The quantitative estimate of drug-likeness (QED) is 0.531. The van der Waals surface area contributed by atoms with Crippen LogP contribution in [0.3, 0.4) is 0 Å². The van der Waals surface area contributed by atoms with Crippen LogP contribution in [0.1, 0.15) is 25.0 Å². The molecule has 1 saturated heterocycles. The average molecular weight is 398 g/mol. The first-order valence-electron chi connectivity index (χ1n) is 8.85. The SMILES string of the molecule is CCc1ccccc1NC(=S)NN1C(=O)N[C@@](C)(c2ccc(OC)cc2)C1=O. The van der Waals surface area contributed by atoms with Crippen molar-refractivity contribution < 1.29 is 14.3 Å². The van der Waals surface area contributed by atoms with E-state index >= 15 is 0 Å². The molecule has 1 fully saturated rings. The Bertz CT molecular complexity index is 916. The summed E-state index contributed by atoms with van der Waals surface area (Å²) in [5, 5.41) is 6.82. The molecule has 2 aromatic carbocycles. The third-order valence-corrected chi connectivity index (χ3v) is 4.91. The topological polar surface area (TPSA) is 82.7 Å². The number of hydrogen-bond donors (Lipinski definition) is 3. The molecule has 3 amide bonds. The Morgan fingerprint density at radius 3 is 2.50 bits per heavy atom. The lowest BCUT2D eigenvalue weighted by Crippen LogP contribution is -2.49. The number of imide groups is 1. The van der Waals surface area contributed by atoms with Gasteiger partial charge in [-0.15, -0.1) is 0 Å². The van der Waals surface area contributed by atoms with Crippen molar-refractivity contribution in [1.29, 1.82) is 0 Å². The van der Waals surface area contributed by atoms with Crippen LogP contribution in [-0.2, 0) is 16.8 Å². The number of amides is 3. The maximum atomic E-state index is 13.0. The van der Waals surface area contributed by atoms with Gasteiger partial charge >= 0.3 is 6.03 Å². The number of para-hydroxylation sites is 1. The zero-order valence-corrected chi connectivity index (χ0v) is 16.7. The fourth-order valence-electron chi connectivity index (χ4n) is 3.06. The van der Waals surface area contributed by atoms with Gasteiger partial charge in [0.05, 0.1) is 7.11 Å². The normalized spacial score (nSPS) is 18.6. The van der Waals surface area contributed by atoms with Crippen molar-refractivity contribution in [2.45, 2.75) is 25.8 Å². The molecule has 0 saturated carbocycles. The summed E-state index contributed by atoms with van der Waals surface area (Å²) in [4.78, 5) is 25.4. The highest BCUT2D eigenvalue weighted by Gasteiger charge is 2.49. The second-order valence-corrected chi connectivity index (χ2v) is 6.91. The van der Waals surface area contributed by atoms with E-state index in [-0.39, 0.29) is 5.11 Å². The third-order valence-electron chi connectivity index (χ3n) is 4.72. The van der Waals surface area contributed by atoms with E-state index in [0.29, 0.717) is 11.3 Å². The van der Waals surface area contributed by atoms with E-state index in [1.54, 1.807) is 38.3 Å². The molecule has 0 spiro atoms. The lowest BCUT2D eigenvalue weighted by molar-refractivity contribution is -0.132. The van der Waals surface area contributed by atoms with E-state index in [1.165, 1.54) is 0 Å². The molecule has 2 aromatic rings. The number of urea groups is 1. The van der Waals surface area contributed by atoms with Crippen LogP contribution >= 0.6 is 12.2 Å². The molecule has 1 aliphatic rings. The highest BCUT2D eigenvalue weighted by molar-refractivity contribution is 7.80. The number of rotatable bonds is 5. The molecular weight excluding hydrogens is 376 g/mol. The highest BCUT2D eigenvalue weighted by Crippen LogP contribution is 2.29. The molecule has 1 aliphatic heterocycles. The maximum absolute atomic E-state index is 13.0. The van der Waals surface area contributed by atoms with E-state index in [4.69, 9.17) is 17.0 Å². The van der Waals surface area contributed by atoms with Crippen LogP contribution in [0.25, 0.3) is 0 Å². The van der Waals surface area contributed by atoms with Crippen LogP contribution in [0.15, 0.2) is 48.5 Å². The molecule has 1 heterocycles. The van der Waals surface area contributed by atoms with Gasteiger partial charge in [0.25, 0.3) is 5.91 Å². The van der Waals surface area contributed by atoms with Crippen molar-refractivity contribution in [3.05, 3.63) is 59.7 Å². The fourth-order valence-corrected chi connectivity index (χ4v) is 3.26. The molecule has 1 atom stereocenters. The Morgan fingerprint density at radius 1 is 1.18 bits per heavy atom. The van der Waals surface area contributed by atoms with Gasteiger partial charge in [0, 0.05) is 5.69 Å². The largest absolute Gasteiger partial charge is 0.497 e. The predicted molar refractivity (Wildman–Crippen MR) is 111 cm³/mol. The van der Waals surface area contributed by atoms with E-state index in [0.717, 1.165) is 22.7 Å². The van der Waals surface area contributed by atoms with E-state index in [9.17, 15) is 9.59 Å². The molecule has 0 aromatic heterocycles. The van der Waals surface area contributed by atoms with Gasteiger partial charge in [-0.1, -0.05) is 37.3 Å². The second kappa shape index (κ2) is 7.85. The van der Waals surface area contributed by atoms with Gasteiger partial charge in [0.2, 0.25) is 0 Å². The Hall–Kier alpha value is -3.13. The molecule has 0 radical (unpaired) electrons. The highest BCUT2D eigenvalue weighted by atomic mass is 32.1. The first-order valence-corrected chi connectivity index (χ1v) is 9.26. The lowest BCUT2D eigenvalue weighted by atomic mass is 9.92. The number of hydrogen-bond acceptors (Lipinski definition) is 4. The first-order chi connectivity index (χ1) is 13.4. The molecule has 7 nitrogen and oxygen atoms in total. The molecule has 0 aliphatic carbocycles. The minimum atomic E-state index is -1.20. The fraction of sp³-hybridized carbons (Fsp3) is 0.250. The Kier molecular flexibility index (Phi) is 5.51. The molecule has 0 unspecified atom stereocenters. The third kappa shape index (κ3) is 3.63. The summed E-state index contributed by atoms with van der Waals surface area (Å²) < 4.78 is 5.14.